The Morgan fingerprint density at radius 3 is 2.28 bits per heavy atom. The molecule has 25 heavy (non-hydrogen) atoms. The van der Waals surface area contributed by atoms with Crippen LogP contribution in [0, 0.1) is 12.8 Å². The highest BCUT2D eigenvalue weighted by atomic mass is 16.1. The normalized spacial score (nSPS) is 12.1. The number of hydrogen-bond donors (Lipinski definition) is 1. The van der Waals surface area contributed by atoms with E-state index in [1.165, 1.54) is 0 Å². The number of allylic oxidation sites excluding steroid dienone is 1. The molecule has 2 rings (SSSR count). The topological polar surface area (TPSA) is 48.0 Å². The number of aromatic nitrogens is 1. The van der Waals surface area contributed by atoms with E-state index < -0.39 is 0 Å². The zero-order chi connectivity index (χ0) is 19.1. The minimum Gasteiger partial charge on any atom is -0.399 e. The summed E-state index contributed by atoms with van der Waals surface area (Å²) in [6.07, 6.45) is 5.91. The van der Waals surface area contributed by atoms with Gasteiger partial charge in [0.15, 0.2) is 0 Å². The van der Waals surface area contributed by atoms with E-state index in [9.17, 15) is 4.79 Å². The molecule has 0 aliphatic carbocycles. The van der Waals surface area contributed by atoms with Gasteiger partial charge in [-0.25, -0.2) is 0 Å². The second-order valence-corrected chi connectivity index (χ2v) is 6.44. The number of nitrogen functional groups attached to an aromatic ring is 1. The van der Waals surface area contributed by atoms with Gasteiger partial charge in [-0.15, -0.1) is 6.58 Å². The monoisotopic (exact) mass is 338 g/mol. The zero-order valence-electron chi connectivity index (χ0n) is 16.3. The van der Waals surface area contributed by atoms with Gasteiger partial charge in [-0.2, -0.15) is 0 Å². The van der Waals surface area contributed by atoms with Crippen molar-refractivity contribution in [3.8, 4) is 11.1 Å². The molecular formula is C22H30N2O. The van der Waals surface area contributed by atoms with Crippen molar-refractivity contribution in [3.63, 3.8) is 0 Å². The second-order valence-electron chi connectivity index (χ2n) is 6.44. The molecule has 2 aromatic rings. The molecule has 1 heterocycles. The molecule has 0 radical (unpaired) electrons. The Hall–Kier alpha value is -2.55. The third kappa shape index (κ3) is 4.96. The molecule has 1 aromatic heterocycles. The smallest absolute Gasteiger partial charge is 0.258 e. The molecule has 2 N–H and O–H groups in total. The first-order valence-corrected chi connectivity index (χ1v) is 8.58. The molecule has 0 saturated heterocycles. The quantitative estimate of drug-likeness (QED) is 0.674. The van der Waals surface area contributed by atoms with Crippen LogP contribution in [0.3, 0.4) is 0 Å². The van der Waals surface area contributed by atoms with Crippen molar-refractivity contribution in [2.45, 2.75) is 34.6 Å². The Morgan fingerprint density at radius 1 is 1.16 bits per heavy atom. The Balaban J connectivity index is 0.000000970. The summed E-state index contributed by atoms with van der Waals surface area (Å²) in [5, 5.41) is 2.03. The van der Waals surface area contributed by atoms with Crippen LogP contribution >= 0.6 is 0 Å². The van der Waals surface area contributed by atoms with Crippen LogP contribution < -0.4 is 21.9 Å². The standard InChI is InChI=1S/C19H24N2O.C3H6/c1-6-14-10-17(16-11-15(20)8-7-13(16)4)19(22)21(5)18(14)9-12(2)3;1-3-2/h6-12H,20H2,1-5H3;3H,1H2,2H3/b14-6-,18-9+;. The SMILES string of the molecule is C/C=c1/cc(-c2cc(N)ccc2C)c(=O)n(C)/c1=C/C(C)C.C=CC. The van der Waals surface area contributed by atoms with Gasteiger partial charge in [-0.1, -0.05) is 38.1 Å². The molecule has 3 heteroatoms. The van der Waals surface area contributed by atoms with Crippen LogP contribution in [-0.2, 0) is 7.05 Å². The first-order valence-electron chi connectivity index (χ1n) is 8.58. The lowest BCUT2D eigenvalue weighted by Crippen LogP contribution is -2.42. The van der Waals surface area contributed by atoms with Crippen LogP contribution in [0.25, 0.3) is 23.3 Å². The van der Waals surface area contributed by atoms with Crippen molar-refractivity contribution >= 4 is 17.8 Å². The Kier molecular flexibility index (Phi) is 7.43. The maximum Gasteiger partial charge on any atom is 0.258 e. The average Bonchev–Trinajstić information content (AvgIpc) is 2.55. The summed E-state index contributed by atoms with van der Waals surface area (Å²) in [4.78, 5) is 12.8. The van der Waals surface area contributed by atoms with Gasteiger partial charge in [0.2, 0.25) is 0 Å². The first kappa shape index (κ1) is 20.5. The molecule has 134 valence electrons. The molecule has 0 atom stereocenters. The number of nitrogens with two attached hydrogens (primary N) is 1. The summed E-state index contributed by atoms with van der Waals surface area (Å²) in [7, 11) is 1.83. The largest absolute Gasteiger partial charge is 0.399 e. The van der Waals surface area contributed by atoms with Gasteiger partial charge in [-0.3, -0.25) is 4.79 Å². The van der Waals surface area contributed by atoms with E-state index in [4.69, 9.17) is 5.73 Å². The Labute approximate surface area is 150 Å². The number of aryl methyl sites for hydroxylation is 1. The van der Waals surface area contributed by atoms with E-state index in [0.29, 0.717) is 17.2 Å². The van der Waals surface area contributed by atoms with Crippen LogP contribution in [0.2, 0.25) is 0 Å². The van der Waals surface area contributed by atoms with Crippen molar-refractivity contribution in [1.29, 1.82) is 0 Å². The number of benzene rings is 1. The third-order valence-corrected chi connectivity index (χ3v) is 3.85. The van der Waals surface area contributed by atoms with Crippen molar-refractivity contribution in [2.75, 3.05) is 5.73 Å². The van der Waals surface area contributed by atoms with Gasteiger partial charge in [-0.05, 0) is 61.2 Å². The van der Waals surface area contributed by atoms with Gasteiger partial charge < -0.3 is 10.3 Å². The summed E-state index contributed by atoms with van der Waals surface area (Å²) in [5.74, 6) is 0.379. The Morgan fingerprint density at radius 2 is 1.76 bits per heavy atom. The van der Waals surface area contributed by atoms with Crippen LogP contribution in [-0.4, -0.2) is 4.57 Å². The fourth-order valence-electron chi connectivity index (χ4n) is 2.65. The Bertz CT molecular complexity index is 918. The maximum absolute atomic E-state index is 12.8. The number of nitrogens with zero attached hydrogens (tertiary/aromatic N) is 1. The van der Waals surface area contributed by atoms with Gasteiger partial charge >= 0.3 is 0 Å². The van der Waals surface area contributed by atoms with Crippen LogP contribution in [0.4, 0.5) is 5.69 Å². The van der Waals surface area contributed by atoms with Gasteiger partial charge in [0.05, 0.1) is 0 Å². The summed E-state index contributed by atoms with van der Waals surface area (Å²) in [6, 6.07) is 7.65. The summed E-state index contributed by atoms with van der Waals surface area (Å²) in [5.41, 5.74) is 9.22. The van der Waals surface area contributed by atoms with Crippen LogP contribution in [0.15, 0.2) is 41.7 Å². The maximum atomic E-state index is 12.8. The zero-order valence-corrected chi connectivity index (χ0v) is 16.3. The van der Waals surface area contributed by atoms with Crippen molar-refractivity contribution in [1.82, 2.24) is 4.57 Å². The minimum absolute atomic E-state index is 0.00574. The molecule has 3 nitrogen and oxygen atoms in total. The number of hydrogen-bond acceptors (Lipinski definition) is 2. The van der Waals surface area contributed by atoms with Gasteiger partial charge in [0.25, 0.3) is 5.56 Å². The van der Waals surface area contributed by atoms with E-state index in [0.717, 1.165) is 21.7 Å². The molecule has 0 aliphatic heterocycles. The second kappa shape index (κ2) is 9.07. The van der Waals surface area contributed by atoms with E-state index in [2.05, 4.69) is 26.5 Å². The van der Waals surface area contributed by atoms with E-state index in [1.807, 2.05) is 58.2 Å². The van der Waals surface area contributed by atoms with Crippen molar-refractivity contribution in [2.24, 2.45) is 13.0 Å². The lowest BCUT2D eigenvalue weighted by atomic mass is 10.00. The number of rotatable bonds is 2. The molecule has 0 unspecified atom stereocenters. The van der Waals surface area contributed by atoms with Crippen molar-refractivity contribution in [3.05, 3.63) is 63.4 Å². The van der Waals surface area contributed by atoms with E-state index in [-0.39, 0.29) is 5.56 Å². The molecule has 0 fully saturated rings. The highest BCUT2D eigenvalue weighted by molar-refractivity contribution is 5.70. The highest BCUT2D eigenvalue weighted by Gasteiger charge is 2.10. The summed E-state index contributed by atoms with van der Waals surface area (Å²) < 4.78 is 1.73. The first-order chi connectivity index (χ1) is 11.8. The van der Waals surface area contributed by atoms with E-state index in [1.54, 1.807) is 10.6 Å². The van der Waals surface area contributed by atoms with E-state index >= 15 is 0 Å². The van der Waals surface area contributed by atoms with Gasteiger partial charge in [0, 0.05) is 23.6 Å². The minimum atomic E-state index is 0.00574. The number of anilines is 1. The molecule has 0 bridgehead atoms. The summed E-state index contributed by atoms with van der Waals surface area (Å²) >= 11 is 0. The molecule has 0 saturated carbocycles. The average molecular weight is 338 g/mol. The molecule has 0 aliphatic rings. The van der Waals surface area contributed by atoms with Crippen LogP contribution in [0.1, 0.15) is 33.3 Å². The molecule has 0 amide bonds. The highest BCUT2D eigenvalue weighted by Crippen LogP contribution is 2.21. The lowest BCUT2D eigenvalue weighted by Gasteiger charge is -2.10. The predicted octanol–water partition coefficient (Wildman–Crippen LogP) is 3.37. The number of pyridine rings is 1. The third-order valence-electron chi connectivity index (χ3n) is 3.85. The molecular weight excluding hydrogens is 308 g/mol. The molecule has 1 aromatic carbocycles. The fourth-order valence-corrected chi connectivity index (χ4v) is 2.65. The summed E-state index contributed by atoms with van der Waals surface area (Å²) in [6.45, 7) is 13.5. The molecule has 0 spiro atoms. The van der Waals surface area contributed by atoms with Crippen LogP contribution in [0.5, 0.6) is 0 Å². The van der Waals surface area contributed by atoms with Crippen molar-refractivity contribution < 1.29 is 0 Å². The van der Waals surface area contributed by atoms with Gasteiger partial charge in [0.1, 0.15) is 0 Å². The predicted molar refractivity (Wildman–Crippen MR) is 111 cm³/mol. The lowest BCUT2D eigenvalue weighted by molar-refractivity contribution is 0.796. The fraction of sp³-hybridized carbons (Fsp3) is 0.318.